The predicted octanol–water partition coefficient (Wildman–Crippen LogP) is 4.38. The van der Waals surface area contributed by atoms with E-state index < -0.39 is 0 Å². The van der Waals surface area contributed by atoms with Crippen molar-refractivity contribution in [3.05, 3.63) is 64.0 Å². The molecule has 6 heteroatoms. The lowest BCUT2D eigenvalue weighted by Gasteiger charge is -2.11. The number of anilines is 1. The van der Waals surface area contributed by atoms with Gasteiger partial charge in [-0.2, -0.15) is 5.10 Å². The molecule has 0 saturated heterocycles. The third-order valence-electron chi connectivity index (χ3n) is 3.53. The average molecular weight is 358 g/mol. The van der Waals surface area contributed by atoms with Gasteiger partial charge in [-0.1, -0.05) is 41.9 Å². The summed E-state index contributed by atoms with van der Waals surface area (Å²) in [4.78, 5) is 14.8. The summed E-state index contributed by atoms with van der Waals surface area (Å²) in [5, 5.41) is 5.37. The van der Waals surface area contributed by atoms with Gasteiger partial charge in [0.25, 0.3) is 5.91 Å². The number of carbonyl (C=O) groups is 1. The first kappa shape index (κ1) is 16.5. The molecule has 0 aliphatic carbocycles. The molecule has 0 spiro atoms. The van der Waals surface area contributed by atoms with Crippen molar-refractivity contribution in [2.75, 3.05) is 19.0 Å². The quantitative estimate of drug-likeness (QED) is 0.556. The first-order chi connectivity index (χ1) is 11.6. The van der Waals surface area contributed by atoms with Crippen molar-refractivity contribution in [1.29, 1.82) is 0 Å². The molecule has 0 aliphatic heterocycles. The van der Waals surface area contributed by atoms with Crippen LogP contribution in [-0.2, 0) is 0 Å². The van der Waals surface area contributed by atoms with Crippen LogP contribution in [0.2, 0.25) is 5.02 Å². The Morgan fingerprint density at radius 1 is 1.17 bits per heavy atom. The van der Waals surface area contributed by atoms with Gasteiger partial charge in [0.2, 0.25) is 0 Å². The first-order valence-electron chi connectivity index (χ1n) is 7.34. The van der Waals surface area contributed by atoms with Gasteiger partial charge in [0, 0.05) is 29.9 Å². The number of nitrogens with one attached hydrogen (secondary N) is 1. The molecule has 0 radical (unpaired) electrons. The highest BCUT2D eigenvalue weighted by Crippen LogP contribution is 2.34. The Balaban J connectivity index is 1.71. The second-order valence-corrected chi connectivity index (χ2v) is 6.86. The third-order valence-corrected chi connectivity index (χ3v) is 5.20. The number of benzene rings is 2. The number of hydrogen-bond donors (Lipinski definition) is 1. The summed E-state index contributed by atoms with van der Waals surface area (Å²) in [5.74, 6) is -0.303. The minimum Gasteiger partial charge on any atom is -0.378 e. The van der Waals surface area contributed by atoms with Gasteiger partial charge in [0.15, 0.2) is 0 Å². The molecule has 3 rings (SSSR count). The molecule has 2 aromatic carbocycles. The Hall–Kier alpha value is -2.37. The summed E-state index contributed by atoms with van der Waals surface area (Å²) in [6, 6.07) is 15.5. The number of nitrogens with zero attached hydrogens (tertiary/aromatic N) is 2. The zero-order chi connectivity index (χ0) is 17.1. The zero-order valence-corrected chi connectivity index (χ0v) is 14.9. The number of hydrazone groups is 1. The smallest absolute Gasteiger partial charge is 0.283 e. The number of halogens is 1. The Labute approximate surface area is 149 Å². The third kappa shape index (κ3) is 3.42. The molecule has 1 heterocycles. The summed E-state index contributed by atoms with van der Waals surface area (Å²) < 4.78 is 0.982. The molecule has 0 aliphatic rings. The lowest BCUT2D eigenvalue weighted by atomic mass is 10.2. The van der Waals surface area contributed by atoms with E-state index in [0.29, 0.717) is 9.90 Å². The highest BCUT2D eigenvalue weighted by Gasteiger charge is 2.16. The number of hydrogen-bond acceptors (Lipinski definition) is 4. The van der Waals surface area contributed by atoms with Gasteiger partial charge in [-0.25, -0.2) is 5.43 Å². The van der Waals surface area contributed by atoms with Crippen molar-refractivity contribution >= 4 is 50.8 Å². The van der Waals surface area contributed by atoms with Crippen LogP contribution in [0.1, 0.15) is 15.2 Å². The van der Waals surface area contributed by atoms with E-state index in [-0.39, 0.29) is 5.91 Å². The number of thiophene rings is 1. The Kier molecular flexibility index (Phi) is 4.83. The van der Waals surface area contributed by atoms with Crippen LogP contribution in [-0.4, -0.2) is 26.2 Å². The van der Waals surface area contributed by atoms with E-state index in [9.17, 15) is 4.79 Å². The molecule has 1 N–H and O–H groups in total. The maximum atomic E-state index is 12.3. The lowest BCUT2D eigenvalue weighted by molar-refractivity contribution is 0.0959. The molecule has 0 unspecified atom stereocenters. The Bertz CT molecular complexity index is 900. The van der Waals surface area contributed by atoms with Crippen molar-refractivity contribution in [1.82, 2.24) is 5.43 Å². The van der Waals surface area contributed by atoms with Crippen LogP contribution in [0.5, 0.6) is 0 Å². The van der Waals surface area contributed by atoms with Crippen molar-refractivity contribution in [3.63, 3.8) is 0 Å². The van der Waals surface area contributed by atoms with E-state index in [2.05, 4.69) is 10.5 Å². The fourth-order valence-corrected chi connectivity index (χ4v) is 3.64. The maximum Gasteiger partial charge on any atom is 0.283 e. The molecule has 0 atom stereocenters. The fourth-order valence-electron chi connectivity index (χ4n) is 2.23. The lowest BCUT2D eigenvalue weighted by Crippen LogP contribution is -2.16. The largest absolute Gasteiger partial charge is 0.378 e. The maximum absolute atomic E-state index is 12.3. The zero-order valence-electron chi connectivity index (χ0n) is 13.3. The summed E-state index contributed by atoms with van der Waals surface area (Å²) in [6.45, 7) is 0. The summed E-state index contributed by atoms with van der Waals surface area (Å²) in [7, 11) is 3.97. The molecule has 0 bridgehead atoms. The van der Waals surface area contributed by atoms with Crippen LogP contribution in [0.3, 0.4) is 0 Å². The summed E-state index contributed by atoms with van der Waals surface area (Å²) >= 11 is 7.65. The van der Waals surface area contributed by atoms with Crippen molar-refractivity contribution in [2.24, 2.45) is 5.10 Å². The molecule has 0 saturated carbocycles. The molecule has 24 heavy (non-hydrogen) atoms. The van der Waals surface area contributed by atoms with Crippen LogP contribution in [0.15, 0.2) is 53.6 Å². The van der Waals surface area contributed by atoms with Crippen molar-refractivity contribution in [2.45, 2.75) is 0 Å². The van der Waals surface area contributed by atoms with E-state index in [0.717, 1.165) is 21.3 Å². The van der Waals surface area contributed by atoms with E-state index in [4.69, 9.17) is 11.6 Å². The fraction of sp³-hybridized carbons (Fsp3) is 0.111. The van der Waals surface area contributed by atoms with Gasteiger partial charge in [0.1, 0.15) is 4.88 Å². The van der Waals surface area contributed by atoms with Crippen LogP contribution < -0.4 is 10.3 Å². The van der Waals surface area contributed by atoms with Gasteiger partial charge in [-0.05, 0) is 23.8 Å². The van der Waals surface area contributed by atoms with Crippen molar-refractivity contribution in [3.8, 4) is 0 Å². The topological polar surface area (TPSA) is 44.7 Å². The van der Waals surface area contributed by atoms with Gasteiger partial charge >= 0.3 is 0 Å². The van der Waals surface area contributed by atoms with Crippen molar-refractivity contribution < 1.29 is 4.79 Å². The highest BCUT2D eigenvalue weighted by atomic mass is 35.5. The average Bonchev–Trinajstić information content (AvgIpc) is 2.93. The first-order valence-corrected chi connectivity index (χ1v) is 8.53. The van der Waals surface area contributed by atoms with Crippen LogP contribution in [0.4, 0.5) is 5.69 Å². The molecule has 0 fully saturated rings. The minimum absolute atomic E-state index is 0.303. The molecular formula is C18H16ClN3OS. The van der Waals surface area contributed by atoms with Crippen LogP contribution in [0.25, 0.3) is 10.1 Å². The van der Waals surface area contributed by atoms with Gasteiger partial charge < -0.3 is 4.90 Å². The predicted molar refractivity (Wildman–Crippen MR) is 103 cm³/mol. The second-order valence-electron chi connectivity index (χ2n) is 5.43. The molecule has 3 aromatic rings. The summed E-state index contributed by atoms with van der Waals surface area (Å²) in [5.41, 5.74) is 4.54. The monoisotopic (exact) mass is 357 g/mol. The normalized spacial score (nSPS) is 11.1. The van der Waals surface area contributed by atoms with Gasteiger partial charge in [-0.15, -0.1) is 11.3 Å². The number of rotatable bonds is 4. The van der Waals surface area contributed by atoms with Gasteiger partial charge in [0.05, 0.1) is 11.2 Å². The minimum atomic E-state index is -0.303. The summed E-state index contributed by atoms with van der Waals surface area (Å²) in [6.07, 6.45) is 1.61. The molecule has 1 aromatic heterocycles. The second kappa shape index (κ2) is 7.03. The Morgan fingerprint density at radius 2 is 1.88 bits per heavy atom. The number of amides is 1. The highest BCUT2D eigenvalue weighted by molar-refractivity contribution is 7.21. The van der Waals surface area contributed by atoms with Crippen LogP contribution in [0, 0.1) is 0 Å². The van der Waals surface area contributed by atoms with E-state index in [1.165, 1.54) is 11.3 Å². The molecule has 1 amide bonds. The van der Waals surface area contributed by atoms with E-state index in [1.54, 1.807) is 6.21 Å². The standard InChI is InChI=1S/C18H16ClN3OS/c1-22(2)13-9-7-12(8-10-13)11-20-21-18(23)17-16(19)14-5-3-4-6-15(14)24-17/h3-11H,1-2H3,(H,21,23). The van der Waals surface area contributed by atoms with E-state index in [1.807, 2.05) is 67.5 Å². The molecule has 122 valence electrons. The molecular weight excluding hydrogens is 342 g/mol. The van der Waals surface area contributed by atoms with E-state index >= 15 is 0 Å². The number of fused-ring (bicyclic) bond motifs is 1. The number of carbonyl (C=O) groups excluding carboxylic acids is 1. The Morgan fingerprint density at radius 3 is 2.54 bits per heavy atom. The van der Waals surface area contributed by atoms with Crippen LogP contribution >= 0.6 is 22.9 Å². The van der Waals surface area contributed by atoms with Gasteiger partial charge in [-0.3, -0.25) is 4.79 Å². The SMILES string of the molecule is CN(C)c1ccc(C=NNC(=O)c2sc3ccccc3c2Cl)cc1. The molecule has 4 nitrogen and oxygen atoms in total.